The summed E-state index contributed by atoms with van der Waals surface area (Å²) in [5.41, 5.74) is 3.32. The van der Waals surface area contributed by atoms with Crippen LogP contribution in [0.15, 0.2) is 64.6 Å². The van der Waals surface area contributed by atoms with Crippen molar-refractivity contribution in [2.24, 2.45) is 5.10 Å². The standard InChI is InChI=1S/C21H24N2O4S2/c1-28-14-12-26-21(25)16-27-18-9-7-17(8-10-18)15-22-23-20(24)11-13-29-19-5-3-2-4-6-19/h2-10,15H,11-14,16H2,1H3,(H,23,24)/b22-15+. The molecule has 29 heavy (non-hydrogen) atoms. The smallest absolute Gasteiger partial charge is 0.344 e. The van der Waals surface area contributed by atoms with E-state index in [1.165, 1.54) is 0 Å². The van der Waals surface area contributed by atoms with Crippen LogP contribution in [0.5, 0.6) is 5.75 Å². The zero-order valence-electron chi connectivity index (χ0n) is 16.2. The van der Waals surface area contributed by atoms with E-state index >= 15 is 0 Å². The second-order valence-corrected chi connectivity index (χ2v) is 7.93. The zero-order chi connectivity index (χ0) is 20.7. The maximum Gasteiger partial charge on any atom is 0.344 e. The van der Waals surface area contributed by atoms with E-state index in [0.29, 0.717) is 24.5 Å². The van der Waals surface area contributed by atoms with Gasteiger partial charge in [0.25, 0.3) is 0 Å². The minimum absolute atomic E-state index is 0.126. The highest BCUT2D eigenvalue weighted by Crippen LogP contribution is 2.17. The van der Waals surface area contributed by atoms with Gasteiger partial charge in [0.05, 0.1) is 6.21 Å². The lowest BCUT2D eigenvalue weighted by Crippen LogP contribution is -2.17. The van der Waals surface area contributed by atoms with Gasteiger partial charge in [-0.3, -0.25) is 4.79 Å². The molecule has 2 aromatic rings. The minimum atomic E-state index is -0.391. The van der Waals surface area contributed by atoms with E-state index < -0.39 is 5.97 Å². The van der Waals surface area contributed by atoms with E-state index in [2.05, 4.69) is 10.5 Å². The van der Waals surface area contributed by atoms with E-state index in [1.54, 1.807) is 54.0 Å². The molecule has 6 nitrogen and oxygen atoms in total. The van der Waals surface area contributed by atoms with Crippen molar-refractivity contribution in [3.05, 3.63) is 60.2 Å². The molecular weight excluding hydrogens is 408 g/mol. The molecule has 1 N–H and O–H groups in total. The number of hydrogen-bond donors (Lipinski definition) is 1. The van der Waals surface area contributed by atoms with E-state index in [1.807, 2.05) is 36.6 Å². The van der Waals surface area contributed by atoms with Gasteiger partial charge in [-0.2, -0.15) is 16.9 Å². The maximum absolute atomic E-state index is 11.8. The van der Waals surface area contributed by atoms with Crippen LogP contribution in [-0.2, 0) is 14.3 Å². The van der Waals surface area contributed by atoms with Crippen molar-refractivity contribution in [1.82, 2.24) is 5.43 Å². The van der Waals surface area contributed by atoms with E-state index in [9.17, 15) is 9.59 Å². The molecule has 0 aliphatic carbocycles. The number of carbonyl (C=O) groups is 2. The van der Waals surface area contributed by atoms with Gasteiger partial charge in [0.2, 0.25) is 5.91 Å². The predicted octanol–water partition coefficient (Wildman–Crippen LogP) is 3.60. The lowest BCUT2D eigenvalue weighted by molar-refractivity contribution is -0.145. The van der Waals surface area contributed by atoms with Crippen LogP contribution in [0, 0.1) is 0 Å². The Hall–Kier alpha value is -2.45. The summed E-state index contributed by atoms with van der Waals surface area (Å²) in [7, 11) is 0. The van der Waals surface area contributed by atoms with Gasteiger partial charge in [0, 0.05) is 22.8 Å². The van der Waals surface area contributed by atoms with Crippen molar-refractivity contribution in [3.8, 4) is 5.75 Å². The molecule has 154 valence electrons. The number of hydrogen-bond acceptors (Lipinski definition) is 7. The number of carbonyl (C=O) groups excluding carboxylic acids is 2. The van der Waals surface area contributed by atoms with Crippen molar-refractivity contribution in [2.45, 2.75) is 11.3 Å². The van der Waals surface area contributed by atoms with Crippen molar-refractivity contribution >= 4 is 41.6 Å². The lowest BCUT2D eigenvalue weighted by Gasteiger charge is -2.06. The second-order valence-electron chi connectivity index (χ2n) is 5.78. The Morgan fingerprint density at radius 1 is 1.07 bits per heavy atom. The molecule has 0 atom stereocenters. The highest BCUT2D eigenvalue weighted by atomic mass is 32.2. The summed E-state index contributed by atoms with van der Waals surface area (Å²) >= 11 is 3.24. The molecule has 8 heteroatoms. The van der Waals surface area contributed by atoms with Gasteiger partial charge in [-0.05, 0) is 48.2 Å². The highest BCUT2D eigenvalue weighted by molar-refractivity contribution is 7.99. The quantitative estimate of drug-likeness (QED) is 0.182. The van der Waals surface area contributed by atoms with Gasteiger partial charge < -0.3 is 9.47 Å². The molecule has 2 aromatic carbocycles. The molecule has 0 heterocycles. The fraction of sp³-hybridized carbons (Fsp3) is 0.286. The Kier molecular flexibility index (Phi) is 10.8. The van der Waals surface area contributed by atoms with Crippen LogP contribution in [0.25, 0.3) is 0 Å². The second kappa shape index (κ2) is 13.7. The molecule has 0 aromatic heterocycles. The Bertz CT molecular complexity index is 783. The number of thioether (sulfide) groups is 2. The molecule has 2 rings (SSSR count). The van der Waals surface area contributed by atoms with Crippen LogP contribution in [0.2, 0.25) is 0 Å². The average molecular weight is 433 g/mol. The largest absolute Gasteiger partial charge is 0.482 e. The summed E-state index contributed by atoms with van der Waals surface area (Å²) in [6.07, 6.45) is 3.89. The lowest BCUT2D eigenvalue weighted by atomic mass is 10.2. The van der Waals surface area contributed by atoms with Gasteiger partial charge >= 0.3 is 5.97 Å². The normalized spacial score (nSPS) is 10.7. The SMILES string of the molecule is CSCCOC(=O)COc1ccc(/C=N/NC(=O)CCSc2ccccc2)cc1. The number of nitrogens with zero attached hydrogens (tertiary/aromatic N) is 1. The van der Waals surface area contributed by atoms with Crippen LogP contribution in [-0.4, -0.2) is 49.1 Å². The molecular formula is C21H24N2O4S2. The first-order valence-electron chi connectivity index (χ1n) is 9.04. The monoisotopic (exact) mass is 432 g/mol. The van der Waals surface area contributed by atoms with Crippen molar-refractivity contribution in [3.63, 3.8) is 0 Å². The highest BCUT2D eigenvalue weighted by Gasteiger charge is 2.04. The molecule has 0 aliphatic rings. The number of nitrogens with one attached hydrogen (secondary N) is 1. The summed E-state index contributed by atoms with van der Waals surface area (Å²) in [6, 6.07) is 17.0. The summed E-state index contributed by atoms with van der Waals surface area (Å²) < 4.78 is 10.4. The molecule has 0 spiro atoms. The first-order valence-corrected chi connectivity index (χ1v) is 11.4. The zero-order valence-corrected chi connectivity index (χ0v) is 17.8. The van der Waals surface area contributed by atoms with E-state index in [-0.39, 0.29) is 12.5 Å². The van der Waals surface area contributed by atoms with Gasteiger partial charge in [-0.15, -0.1) is 11.8 Å². The number of hydrazone groups is 1. The Morgan fingerprint density at radius 2 is 1.83 bits per heavy atom. The fourth-order valence-corrected chi connectivity index (χ4v) is 3.21. The van der Waals surface area contributed by atoms with Crippen LogP contribution in [0.1, 0.15) is 12.0 Å². The van der Waals surface area contributed by atoms with Crippen LogP contribution >= 0.6 is 23.5 Å². The third kappa shape index (κ3) is 10.0. The minimum Gasteiger partial charge on any atom is -0.482 e. The molecule has 0 saturated heterocycles. The summed E-state index contributed by atoms with van der Waals surface area (Å²) in [6.45, 7) is 0.258. The molecule has 0 saturated carbocycles. The van der Waals surface area contributed by atoms with E-state index in [0.717, 1.165) is 16.2 Å². The number of rotatable bonds is 12. The summed E-state index contributed by atoms with van der Waals surface area (Å²) in [5, 5.41) is 3.96. The molecule has 0 bridgehead atoms. The van der Waals surface area contributed by atoms with Gasteiger partial charge in [-0.25, -0.2) is 10.2 Å². The van der Waals surface area contributed by atoms with Crippen molar-refractivity contribution in [2.75, 3.05) is 31.0 Å². The van der Waals surface area contributed by atoms with Crippen LogP contribution in [0.3, 0.4) is 0 Å². The number of esters is 1. The average Bonchev–Trinajstić information content (AvgIpc) is 2.74. The van der Waals surface area contributed by atoms with E-state index in [4.69, 9.17) is 9.47 Å². The number of amides is 1. The number of benzene rings is 2. The first-order chi connectivity index (χ1) is 14.2. The first kappa shape index (κ1) is 22.8. The predicted molar refractivity (Wildman–Crippen MR) is 119 cm³/mol. The van der Waals surface area contributed by atoms with Gasteiger partial charge in [0.15, 0.2) is 6.61 Å². The molecule has 1 amide bonds. The Labute approximate surface area is 179 Å². The molecule has 0 radical (unpaired) electrons. The molecule has 0 unspecified atom stereocenters. The summed E-state index contributed by atoms with van der Waals surface area (Å²) in [4.78, 5) is 24.5. The third-order valence-corrected chi connectivity index (χ3v) is 5.12. The van der Waals surface area contributed by atoms with Crippen LogP contribution in [0.4, 0.5) is 0 Å². The topological polar surface area (TPSA) is 77.0 Å². The third-order valence-electron chi connectivity index (χ3n) is 3.53. The Balaban J connectivity index is 1.64. The van der Waals surface area contributed by atoms with Gasteiger partial charge in [0.1, 0.15) is 12.4 Å². The fourth-order valence-electron chi connectivity index (χ4n) is 2.09. The van der Waals surface area contributed by atoms with Crippen LogP contribution < -0.4 is 10.2 Å². The Morgan fingerprint density at radius 3 is 2.55 bits per heavy atom. The number of ether oxygens (including phenoxy) is 2. The molecule has 0 fully saturated rings. The summed E-state index contributed by atoms with van der Waals surface area (Å²) in [5.74, 6) is 1.49. The van der Waals surface area contributed by atoms with Crippen molar-refractivity contribution < 1.29 is 19.1 Å². The van der Waals surface area contributed by atoms with Crippen molar-refractivity contribution in [1.29, 1.82) is 0 Å². The molecule has 0 aliphatic heterocycles. The van der Waals surface area contributed by atoms with Gasteiger partial charge in [-0.1, -0.05) is 18.2 Å². The maximum atomic E-state index is 11.8.